The van der Waals surface area contributed by atoms with Crippen LogP contribution in [0.1, 0.15) is 46.5 Å². The summed E-state index contributed by atoms with van der Waals surface area (Å²) in [6.07, 6.45) is 4.83. The van der Waals surface area contributed by atoms with E-state index in [1.54, 1.807) is 17.8 Å². The van der Waals surface area contributed by atoms with Crippen molar-refractivity contribution in [3.63, 3.8) is 0 Å². The van der Waals surface area contributed by atoms with Gasteiger partial charge in [-0.05, 0) is 49.1 Å². The summed E-state index contributed by atoms with van der Waals surface area (Å²) in [7, 11) is 0. The van der Waals surface area contributed by atoms with E-state index in [-0.39, 0.29) is 23.8 Å². The zero-order chi connectivity index (χ0) is 21.9. The molecule has 2 N–H and O–H groups in total. The lowest BCUT2D eigenvalue weighted by Crippen LogP contribution is -2.51. The zero-order valence-corrected chi connectivity index (χ0v) is 18.8. The molecular weight excluding hydrogens is 398 g/mol. The van der Waals surface area contributed by atoms with Crippen molar-refractivity contribution in [3.05, 3.63) is 36.9 Å². The molecule has 30 heavy (non-hydrogen) atoms. The standard InChI is InChI=1S/C23H31N3O3S/c1-5-14-30-18-9-7-6-8-17(18)24-19(27)15-26-20(28)23(25-21(26)29)12-10-16(11-13-23)22(2,3)4/h5-9,16H,1,10-15H2,2-4H3,(H,24,27)(H,25,29). The molecule has 0 unspecified atom stereocenters. The number of carbonyl (C=O) groups is 3. The lowest BCUT2D eigenvalue weighted by molar-refractivity contribution is -0.135. The Bertz CT molecular complexity index is 838. The quantitative estimate of drug-likeness (QED) is 0.398. The maximum absolute atomic E-state index is 13.1. The van der Waals surface area contributed by atoms with Gasteiger partial charge in [0, 0.05) is 10.6 Å². The molecule has 1 aliphatic carbocycles. The fourth-order valence-corrected chi connectivity index (χ4v) is 5.06. The molecule has 7 heteroatoms. The van der Waals surface area contributed by atoms with E-state index in [9.17, 15) is 14.4 Å². The molecular formula is C23H31N3O3S. The topological polar surface area (TPSA) is 78.5 Å². The van der Waals surface area contributed by atoms with Crippen LogP contribution < -0.4 is 10.6 Å². The normalized spacial score (nSPS) is 24.1. The van der Waals surface area contributed by atoms with E-state index in [4.69, 9.17) is 0 Å². The van der Waals surface area contributed by atoms with Gasteiger partial charge in [-0.2, -0.15) is 0 Å². The van der Waals surface area contributed by atoms with Crippen molar-refractivity contribution in [2.45, 2.75) is 56.9 Å². The second-order valence-electron chi connectivity index (χ2n) is 9.19. The summed E-state index contributed by atoms with van der Waals surface area (Å²) < 4.78 is 0. The van der Waals surface area contributed by atoms with Crippen molar-refractivity contribution in [1.82, 2.24) is 10.2 Å². The van der Waals surface area contributed by atoms with Gasteiger partial charge in [-0.25, -0.2) is 4.79 Å². The molecule has 0 radical (unpaired) electrons. The van der Waals surface area contributed by atoms with Crippen molar-refractivity contribution >= 4 is 35.3 Å². The van der Waals surface area contributed by atoms with E-state index in [0.717, 1.165) is 28.4 Å². The number of hydrogen-bond acceptors (Lipinski definition) is 4. The molecule has 0 aromatic heterocycles. The highest BCUT2D eigenvalue weighted by atomic mass is 32.2. The van der Waals surface area contributed by atoms with Crippen molar-refractivity contribution in [3.8, 4) is 0 Å². The van der Waals surface area contributed by atoms with Crippen LogP contribution in [0.3, 0.4) is 0 Å². The second kappa shape index (κ2) is 8.84. The van der Waals surface area contributed by atoms with Gasteiger partial charge in [0.05, 0.1) is 5.69 Å². The SMILES string of the molecule is C=CCSc1ccccc1NC(=O)CN1C(=O)NC2(CCC(C(C)(C)C)CC2)C1=O. The largest absolute Gasteiger partial charge is 0.325 e. The van der Waals surface area contributed by atoms with Crippen LogP contribution in [0.15, 0.2) is 41.8 Å². The molecule has 1 heterocycles. The number of nitrogens with zero attached hydrogens (tertiary/aromatic N) is 1. The summed E-state index contributed by atoms with van der Waals surface area (Å²) in [4.78, 5) is 40.2. The number of nitrogens with one attached hydrogen (secondary N) is 2. The van der Waals surface area contributed by atoms with Crippen LogP contribution in [-0.4, -0.2) is 40.6 Å². The van der Waals surface area contributed by atoms with Crippen LogP contribution in [0, 0.1) is 11.3 Å². The highest BCUT2D eigenvalue weighted by molar-refractivity contribution is 7.99. The number of para-hydroxylation sites is 1. The van der Waals surface area contributed by atoms with Crippen LogP contribution in [0.25, 0.3) is 0 Å². The van der Waals surface area contributed by atoms with E-state index in [1.807, 2.05) is 24.3 Å². The van der Waals surface area contributed by atoms with Crippen LogP contribution in [0.4, 0.5) is 10.5 Å². The summed E-state index contributed by atoms with van der Waals surface area (Å²) >= 11 is 1.56. The third kappa shape index (κ3) is 4.72. The number of carbonyl (C=O) groups excluding carboxylic acids is 3. The van der Waals surface area contributed by atoms with Gasteiger partial charge >= 0.3 is 6.03 Å². The third-order valence-electron chi connectivity index (χ3n) is 6.13. The Hall–Kier alpha value is -2.28. The lowest BCUT2D eigenvalue weighted by Gasteiger charge is -2.40. The number of imide groups is 1. The van der Waals surface area contributed by atoms with Gasteiger partial charge in [-0.1, -0.05) is 39.0 Å². The minimum absolute atomic E-state index is 0.184. The van der Waals surface area contributed by atoms with Gasteiger partial charge in [0.25, 0.3) is 5.91 Å². The zero-order valence-electron chi connectivity index (χ0n) is 18.0. The number of rotatable bonds is 6. The van der Waals surface area contributed by atoms with Gasteiger partial charge < -0.3 is 10.6 Å². The molecule has 0 atom stereocenters. The number of hydrogen-bond donors (Lipinski definition) is 2. The molecule has 1 aliphatic heterocycles. The van der Waals surface area contributed by atoms with Crippen LogP contribution >= 0.6 is 11.8 Å². The van der Waals surface area contributed by atoms with Crippen LogP contribution in [0.5, 0.6) is 0 Å². The van der Waals surface area contributed by atoms with Gasteiger partial charge in [0.15, 0.2) is 0 Å². The number of anilines is 1. The molecule has 3 rings (SSSR count). The fraction of sp³-hybridized carbons (Fsp3) is 0.522. The highest BCUT2D eigenvalue weighted by Gasteiger charge is 2.53. The van der Waals surface area contributed by atoms with Gasteiger partial charge in [0.1, 0.15) is 12.1 Å². The number of benzene rings is 1. The molecule has 0 bridgehead atoms. The van der Waals surface area contributed by atoms with E-state index in [2.05, 4.69) is 38.0 Å². The third-order valence-corrected chi connectivity index (χ3v) is 7.20. The average molecular weight is 430 g/mol. The Morgan fingerprint density at radius 3 is 2.60 bits per heavy atom. The Balaban J connectivity index is 1.64. The van der Waals surface area contributed by atoms with Gasteiger partial charge in [0.2, 0.25) is 5.91 Å². The van der Waals surface area contributed by atoms with Gasteiger partial charge in [-0.15, -0.1) is 18.3 Å². The van der Waals surface area contributed by atoms with Crippen LogP contribution in [0.2, 0.25) is 0 Å². The Morgan fingerprint density at radius 1 is 1.30 bits per heavy atom. The van der Waals surface area contributed by atoms with Crippen molar-refractivity contribution in [2.24, 2.45) is 11.3 Å². The molecule has 1 saturated carbocycles. The van der Waals surface area contributed by atoms with Crippen LogP contribution in [-0.2, 0) is 9.59 Å². The van der Waals surface area contributed by atoms with Crippen molar-refractivity contribution in [1.29, 1.82) is 0 Å². The molecule has 162 valence electrons. The minimum Gasteiger partial charge on any atom is -0.324 e. The van der Waals surface area contributed by atoms with Gasteiger partial charge in [-0.3, -0.25) is 14.5 Å². The Kier molecular flexibility index (Phi) is 6.60. The molecule has 6 nitrogen and oxygen atoms in total. The van der Waals surface area contributed by atoms with Crippen molar-refractivity contribution in [2.75, 3.05) is 17.6 Å². The number of amides is 4. The summed E-state index contributed by atoms with van der Waals surface area (Å²) in [5.41, 5.74) is 0.00234. The number of thioether (sulfide) groups is 1. The number of urea groups is 1. The monoisotopic (exact) mass is 429 g/mol. The van der Waals surface area contributed by atoms with E-state index in [1.165, 1.54) is 0 Å². The van der Waals surface area contributed by atoms with Crippen molar-refractivity contribution < 1.29 is 14.4 Å². The maximum atomic E-state index is 13.1. The lowest BCUT2D eigenvalue weighted by atomic mass is 9.67. The molecule has 1 saturated heterocycles. The summed E-state index contributed by atoms with van der Waals surface area (Å²) in [6.45, 7) is 10.1. The first kappa shape index (κ1) is 22.4. The summed E-state index contributed by atoms with van der Waals surface area (Å²) in [6, 6.07) is 6.99. The summed E-state index contributed by atoms with van der Waals surface area (Å²) in [5, 5.41) is 5.73. The highest BCUT2D eigenvalue weighted by Crippen LogP contribution is 2.43. The van der Waals surface area contributed by atoms with E-state index in [0.29, 0.717) is 24.4 Å². The molecule has 1 aromatic carbocycles. The fourth-order valence-electron chi connectivity index (χ4n) is 4.31. The molecule has 1 spiro atoms. The smallest absolute Gasteiger partial charge is 0.324 e. The molecule has 2 fully saturated rings. The predicted octanol–water partition coefficient (Wildman–Crippen LogP) is 4.43. The Morgan fingerprint density at radius 2 is 1.97 bits per heavy atom. The maximum Gasteiger partial charge on any atom is 0.325 e. The first-order chi connectivity index (χ1) is 14.2. The molecule has 2 aliphatic rings. The predicted molar refractivity (Wildman–Crippen MR) is 120 cm³/mol. The second-order valence-corrected chi connectivity index (χ2v) is 10.2. The Labute approximate surface area is 182 Å². The average Bonchev–Trinajstić information content (AvgIpc) is 2.91. The first-order valence-electron chi connectivity index (χ1n) is 10.4. The van der Waals surface area contributed by atoms with E-state index >= 15 is 0 Å². The molecule has 4 amide bonds. The first-order valence-corrected chi connectivity index (χ1v) is 11.4. The molecule has 1 aromatic rings. The summed E-state index contributed by atoms with van der Waals surface area (Å²) in [5.74, 6) is 0.586. The van der Waals surface area contributed by atoms with E-state index < -0.39 is 11.6 Å². The minimum atomic E-state index is -0.850.